The van der Waals surface area contributed by atoms with Gasteiger partial charge in [-0.15, -0.1) is 0 Å². The van der Waals surface area contributed by atoms with Gasteiger partial charge in [0.2, 0.25) is 0 Å². The minimum atomic E-state index is -0.745. The second kappa shape index (κ2) is 7.47. The Morgan fingerprint density at radius 3 is 2.22 bits per heavy atom. The molecule has 2 saturated carbocycles. The molecule has 3 atom stereocenters. The summed E-state index contributed by atoms with van der Waals surface area (Å²) in [5.74, 6) is -0.157. The van der Waals surface area contributed by atoms with Crippen LogP contribution >= 0.6 is 0 Å². The Morgan fingerprint density at radius 2 is 1.87 bits per heavy atom. The van der Waals surface area contributed by atoms with Gasteiger partial charge in [-0.3, -0.25) is 4.79 Å². The summed E-state index contributed by atoms with van der Waals surface area (Å²) in [7, 11) is 0. The first-order valence-electron chi connectivity index (χ1n) is 8.30. The van der Waals surface area contributed by atoms with Crippen molar-refractivity contribution >= 4 is 11.9 Å². The highest BCUT2D eigenvalue weighted by Crippen LogP contribution is 2.69. The van der Waals surface area contributed by atoms with E-state index in [9.17, 15) is 9.59 Å². The van der Waals surface area contributed by atoms with E-state index < -0.39 is 5.97 Å². The molecule has 2 fully saturated rings. The van der Waals surface area contributed by atoms with Gasteiger partial charge in [0.15, 0.2) is 0 Å². The van der Waals surface area contributed by atoms with Gasteiger partial charge in [-0.1, -0.05) is 34.3 Å². The zero-order valence-electron chi connectivity index (χ0n) is 14.7. The highest BCUT2D eigenvalue weighted by molar-refractivity contribution is 5.88. The van der Waals surface area contributed by atoms with Crippen LogP contribution in [0.15, 0.2) is 12.2 Å². The Bertz CT molecular complexity index is 468. The van der Waals surface area contributed by atoms with E-state index in [-0.39, 0.29) is 42.4 Å². The first-order chi connectivity index (χ1) is 10.6. The molecule has 1 unspecified atom stereocenters. The Morgan fingerprint density at radius 1 is 1.30 bits per heavy atom. The van der Waals surface area contributed by atoms with E-state index in [4.69, 9.17) is 14.9 Å². The number of aliphatic hydroxyl groups excluding tert-OH is 1. The monoisotopic (exact) mass is 326 g/mol. The van der Waals surface area contributed by atoms with Gasteiger partial charge in [0.25, 0.3) is 0 Å². The predicted octanol–water partition coefficient (Wildman–Crippen LogP) is 3.02. The maximum absolute atomic E-state index is 11.9. The molecule has 0 radical (unpaired) electrons. The summed E-state index contributed by atoms with van der Waals surface area (Å²) >= 11 is 0. The van der Waals surface area contributed by atoms with Gasteiger partial charge in [-0.2, -0.15) is 0 Å². The lowest BCUT2D eigenvalue weighted by Crippen LogP contribution is -2.34. The molecule has 2 rings (SSSR count). The van der Waals surface area contributed by atoms with Crippen LogP contribution < -0.4 is 0 Å². The normalized spacial score (nSPS) is 30.3. The van der Waals surface area contributed by atoms with Gasteiger partial charge < -0.3 is 14.9 Å². The first kappa shape index (κ1) is 19.7. The second-order valence-electron chi connectivity index (χ2n) is 7.30. The van der Waals surface area contributed by atoms with Crippen molar-refractivity contribution in [3.05, 3.63) is 12.2 Å². The number of carboxylic acid groups (broad SMARTS) is 1. The van der Waals surface area contributed by atoms with Gasteiger partial charge in [-0.05, 0) is 41.9 Å². The summed E-state index contributed by atoms with van der Waals surface area (Å²) < 4.78 is 5.00. The van der Waals surface area contributed by atoms with Crippen LogP contribution in [0.3, 0.4) is 0 Å². The van der Waals surface area contributed by atoms with Crippen molar-refractivity contribution in [3.63, 3.8) is 0 Å². The van der Waals surface area contributed by atoms with Crippen LogP contribution in [0, 0.1) is 22.7 Å². The molecule has 0 amide bonds. The number of aliphatic hydroxyl groups is 1. The van der Waals surface area contributed by atoms with Gasteiger partial charge >= 0.3 is 11.9 Å². The van der Waals surface area contributed by atoms with Crippen molar-refractivity contribution in [2.45, 2.75) is 53.4 Å². The molecule has 0 aromatic rings. The number of esters is 1. The fraction of sp³-hybridized carbons (Fsp3) is 0.778. The Kier molecular flexibility index (Phi) is 6.40. The predicted molar refractivity (Wildman–Crippen MR) is 87.8 cm³/mol. The van der Waals surface area contributed by atoms with E-state index in [2.05, 4.69) is 27.4 Å². The zero-order valence-corrected chi connectivity index (χ0v) is 14.7. The molecule has 0 aromatic carbocycles. The molecule has 2 aliphatic carbocycles. The van der Waals surface area contributed by atoms with Crippen molar-refractivity contribution in [2.75, 3.05) is 13.2 Å². The van der Waals surface area contributed by atoms with Gasteiger partial charge in [-0.25, -0.2) is 4.79 Å². The Balaban J connectivity index is 0.000000463. The molecular formula is C18H30O5. The van der Waals surface area contributed by atoms with Crippen LogP contribution in [-0.2, 0) is 14.3 Å². The average Bonchev–Trinajstić information content (AvgIpc) is 2.85. The van der Waals surface area contributed by atoms with E-state index in [0.717, 1.165) is 6.42 Å². The SMILES string of the molecule is C=C(C(=O)OCCO)C1C[C@H]2CC[C@@]1(C)C2(C)C.CCC(=O)O. The maximum atomic E-state index is 11.9. The van der Waals surface area contributed by atoms with E-state index >= 15 is 0 Å². The summed E-state index contributed by atoms with van der Waals surface area (Å²) in [4.78, 5) is 21.3. The number of rotatable bonds is 5. The number of hydrogen-bond donors (Lipinski definition) is 2. The third-order valence-corrected chi connectivity index (χ3v) is 6.10. The largest absolute Gasteiger partial charge is 0.481 e. The van der Waals surface area contributed by atoms with Crippen molar-refractivity contribution in [3.8, 4) is 0 Å². The summed E-state index contributed by atoms with van der Waals surface area (Å²) in [6.07, 6.45) is 3.71. The van der Waals surface area contributed by atoms with Crippen LogP contribution in [0.1, 0.15) is 53.4 Å². The lowest BCUT2D eigenvalue weighted by atomic mass is 9.65. The number of fused-ring (bicyclic) bond motifs is 2. The molecule has 0 aromatic heterocycles. The van der Waals surface area contributed by atoms with Crippen molar-refractivity contribution in [2.24, 2.45) is 22.7 Å². The molecule has 132 valence electrons. The van der Waals surface area contributed by atoms with E-state index in [1.165, 1.54) is 12.8 Å². The molecule has 5 heteroatoms. The topological polar surface area (TPSA) is 83.8 Å². The zero-order chi connectivity index (χ0) is 17.8. The molecule has 5 nitrogen and oxygen atoms in total. The average molecular weight is 326 g/mol. The van der Waals surface area contributed by atoms with Gasteiger partial charge in [0.1, 0.15) is 6.61 Å². The molecular weight excluding hydrogens is 296 g/mol. The van der Waals surface area contributed by atoms with Crippen LogP contribution in [0.2, 0.25) is 0 Å². The second-order valence-corrected chi connectivity index (χ2v) is 7.30. The highest BCUT2D eigenvalue weighted by atomic mass is 16.5. The van der Waals surface area contributed by atoms with E-state index in [1.54, 1.807) is 6.92 Å². The first-order valence-corrected chi connectivity index (χ1v) is 8.30. The molecule has 2 aliphatic rings. The Hall–Kier alpha value is -1.36. The number of ether oxygens (including phenoxy) is 1. The number of aliphatic carboxylic acids is 1. The quantitative estimate of drug-likeness (QED) is 0.599. The third kappa shape index (κ3) is 3.77. The summed E-state index contributed by atoms with van der Waals surface area (Å²) in [5, 5.41) is 16.4. The standard InChI is InChI=1S/C15H24O3.C3H6O2/c1-10(13(17)18-8-7-16)12-9-11-5-6-15(12,4)14(11,2)3;1-2-3(4)5/h11-12,16H,1,5-9H2,2-4H3;2H2,1H3,(H,4,5)/t11-,12?,15-;/m1./s1. The van der Waals surface area contributed by atoms with Crippen LogP contribution in [-0.4, -0.2) is 35.4 Å². The van der Waals surface area contributed by atoms with Crippen molar-refractivity contribution < 1.29 is 24.5 Å². The van der Waals surface area contributed by atoms with E-state index in [1.807, 2.05) is 0 Å². The molecule has 0 saturated heterocycles. The summed E-state index contributed by atoms with van der Waals surface area (Å²) in [6.45, 7) is 12.4. The minimum absolute atomic E-state index is 0.0636. The minimum Gasteiger partial charge on any atom is -0.481 e. The Labute approximate surface area is 138 Å². The molecule has 0 spiro atoms. The number of carboxylic acids is 1. The van der Waals surface area contributed by atoms with Gasteiger partial charge in [0, 0.05) is 12.0 Å². The van der Waals surface area contributed by atoms with Crippen LogP contribution in [0.4, 0.5) is 0 Å². The fourth-order valence-corrected chi connectivity index (χ4v) is 4.10. The van der Waals surface area contributed by atoms with Crippen LogP contribution in [0.5, 0.6) is 0 Å². The van der Waals surface area contributed by atoms with Gasteiger partial charge in [0.05, 0.1) is 6.61 Å². The maximum Gasteiger partial charge on any atom is 0.333 e. The molecule has 2 bridgehead atoms. The lowest BCUT2D eigenvalue weighted by Gasteiger charge is -2.39. The smallest absolute Gasteiger partial charge is 0.333 e. The lowest BCUT2D eigenvalue weighted by molar-refractivity contribution is -0.141. The summed E-state index contributed by atoms with van der Waals surface area (Å²) in [6, 6.07) is 0. The van der Waals surface area contributed by atoms with E-state index in [0.29, 0.717) is 11.5 Å². The number of carbonyl (C=O) groups excluding carboxylic acids is 1. The molecule has 0 heterocycles. The molecule has 0 aliphatic heterocycles. The van der Waals surface area contributed by atoms with Crippen LogP contribution in [0.25, 0.3) is 0 Å². The molecule has 2 N–H and O–H groups in total. The van der Waals surface area contributed by atoms with Crippen molar-refractivity contribution in [1.82, 2.24) is 0 Å². The number of hydrogen-bond acceptors (Lipinski definition) is 4. The molecule has 23 heavy (non-hydrogen) atoms. The summed E-state index contributed by atoms with van der Waals surface area (Å²) in [5.41, 5.74) is 1.03. The number of carbonyl (C=O) groups is 2. The fourth-order valence-electron chi connectivity index (χ4n) is 4.10. The van der Waals surface area contributed by atoms with Crippen molar-refractivity contribution in [1.29, 1.82) is 0 Å². The third-order valence-electron chi connectivity index (χ3n) is 6.10. The highest BCUT2D eigenvalue weighted by Gasteiger charge is 2.62.